The number of nitrogens with two attached hydrogens (primary N) is 1. The molecule has 2 nitrogen and oxygen atoms in total. The minimum Gasteiger partial charge on any atom is -0.488 e. The van der Waals surface area contributed by atoms with Crippen molar-refractivity contribution in [3.8, 4) is 5.75 Å². The maximum absolute atomic E-state index is 6.24. The highest BCUT2D eigenvalue weighted by Crippen LogP contribution is 2.29. The Bertz CT molecular complexity index is 571. The molecule has 0 heterocycles. The number of hydrogen-bond donors (Lipinski definition) is 1. The van der Waals surface area contributed by atoms with Crippen molar-refractivity contribution in [2.45, 2.75) is 46.3 Å². The summed E-state index contributed by atoms with van der Waals surface area (Å²) in [5.74, 6) is 0.896. The Balaban J connectivity index is 2.28. The second-order valence-electron chi connectivity index (χ2n) is 6.49. The van der Waals surface area contributed by atoms with Crippen LogP contribution in [-0.4, -0.2) is 12.1 Å². The molecule has 0 aliphatic carbocycles. The molecule has 0 saturated carbocycles. The van der Waals surface area contributed by atoms with Crippen molar-refractivity contribution in [3.05, 3.63) is 42.5 Å². The largest absolute Gasteiger partial charge is 0.488 e. The molecule has 20 heavy (non-hydrogen) atoms. The fraction of sp³-hybridized carbons (Fsp3) is 0.444. The van der Waals surface area contributed by atoms with Crippen molar-refractivity contribution in [1.29, 1.82) is 0 Å². The highest BCUT2D eigenvalue weighted by molar-refractivity contribution is 5.83. The summed E-state index contributed by atoms with van der Waals surface area (Å²) >= 11 is 0. The third-order valence-electron chi connectivity index (χ3n) is 3.70. The minimum absolute atomic E-state index is 0.00802. The van der Waals surface area contributed by atoms with Gasteiger partial charge in [0.25, 0.3) is 0 Å². The van der Waals surface area contributed by atoms with Crippen LogP contribution in [0.2, 0.25) is 0 Å². The van der Waals surface area contributed by atoms with Gasteiger partial charge < -0.3 is 10.5 Å². The summed E-state index contributed by atoms with van der Waals surface area (Å²) in [6.07, 6.45) is 0.920. The summed E-state index contributed by atoms with van der Waals surface area (Å²) in [7, 11) is 0. The summed E-state index contributed by atoms with van der Waals surface area (Å²) in [4.78, 5) is 0. The van der Waals surface area contributed by atoms with Crippen LogP contribution >= 0.6 is 0 Å². The maximum Gasteiger partial charge on any atom is 0.120 e. The Hall–Kier alpha value is -1.54. The lowest BCUT2D eigenvalue weighted by molar-refractivity contribution is 0.0623. The van der Waals surface area contributed by atoms with Crippen LogP contribution in [0, 0.1) is 5.41 Å². The van der Waals surface area contributed by atoms with Crippen molar-refractivity contribution in [3.63, 3.8) is 0 Å². The molecule has 0 aliphatic rings. The van der Waals surface area contributed by atoms with Crippen LogP contribution in [0.5, 0.6) is 5.75 Å². The van der Waals surface area contributed by atoms with Crippen LogP contribution < -0.4 is 10.5 Å². The lowest BCUT2D eigenvalue weighted by atomic mass is 9.84. The molecule has 0 radical (unpaired) electrons. The first kappa shape index (κ1) is 14.9. The van der Waals surface area contributed by atoms with E-state index in [1.165, 1.54) is 10.8 Å². The predicted molar refractivity (Wildman–Crippen MR) is 86.1 cm³/mol. The second-order valence-corrected chi connectivity index (χ2v) is 6.49. The lowest BCUT2D eigenvalue weighted by Crippen LogP contribution is -2.47. The maximum atomic E-state index is 6.24. The standard InChI is InChI=1S/C18H25NO/c1-5-16(19)17(18(2,3)4)20-15-11-10-13-8-6-7-9-14(13)12-15/h6-12,16-17H,5,19H2,1-4H3. The normalized spacial score (nSPS) is 15.1. The zero-order chi connectivity index (χ0) is 14.8. The van der Waals surface area contributed by atoms with E-state index >= 15 is 0 Å². The van der Waals surface area contributed by atoms with Gasteiger partial charge in [-0.05, 0) is 29.3 Å². The molecule has 2 aromatic carbocycles. The molecule has 0 bridgehead atoms. The second kappa shape index (κ2) is 5.84. The molecule has 2 heteroatoms. The van der Waals surface area contributed by atoms with E-state index in [1.54, 1.807) is 0 Å². The van der Waals surface area contributed by atoms with Crippen molar-refractivity contribution < 1.29 is 4.74 Å². The molecule has 2 aromatic rings. The fourth-order valence-corrected chi connectivity index (χ4v) is 2.51. The van der Waals surface area contributed by atoms with Gasteiger partial charge in [-0.25, -0.2) is 0 Å². The summed E-state index contributed by atoms with van der Waals surface area (Å²) in [6, 6.07) is 14.6. The van der Waals surface area contributed by atoms with Crippen LogP contribution in [0.4, 0.5) is 0 Å². The van der Waals surface area contributed by atoms with E-state index in [9.17, 15) is 0 Å². The molecular weight excluding hydrogens is 246 g/mol. The van der Waals surface area contributed by atoms with Gasteiger partial charge in [-0.1, -0.05) is 58.0 Å². The predicted octanol–water partition coefficient (Wildman–Crippen LogP) is 4.37. The van der Waals surface area contributed by atoms with E-state index in [1.807, 2.05) is 18.2 Å². The monoisotopic (exact) mass is 271 g/mol. The van der Waals surface area contributed by atoms with Crippen molar-refractivity contribution in [2.75, 3.05) is 0 Å². The van der Waals surface area contributed by atoms with Crippen LogP contribution in [0.1, 0.15) is 34.1 Å². The van der Waals surface area contributed by atoms with Gasteiger partial charge in [0.2, 0.25) is 0 Å². The highest BCUT2D eigenvalue weighted by atomic mass is 16.5. The van der Waals surface area contributed by atoms with E-state index in [4.69, 9.17) is 10.5 Å². The number of hydrogen-bond acceptors (Lipinski definition) is 2. The molecule has 2 N–H and O–H groups in total. The van der Waals surface area contributed by atoms with E-state index in [0.29, 0.717) is 0 Å². The average molecular weight is 271 g/mol. The molecule has 0 spiro atoms. The Morgan fingerprint density at radius 3 is 2.30 bits per heavy atom. The highest BCUT2D eigenvalue weighted by Gasteiger charge is 2.31. The zero-order valence-electron chi connectivity index (χ0n) is 12.9. The number of ether oxygens (including phenoxy) is 1. The molecule has 2 atom stereocenters. The molecule has 0 aliphatic heterocycles. The Kier molecular flexibility index (Phi) is 4.34. The van der Waals surface area contributed by atoms with Gasteiger partial charge in [0, 0.05) is 11.5 Å². The first-order chi connectivity index (χ1) is 9.41. The molecule has 0 fully saturated rings. The Labute approximate surface area is 121 Å². The van der Waals surface area contributed by atoms with Gasteiger partial charge in [0.05, 0.1) is 0 Å². The molecule has 2 rings (SSSR count). The van der Waals surface area contributed by atoms with Gasteiger partial charge in [-0.15, -0.1) is 0 Å². The first-order valence-corrected chi connectivity index (χ1v) is 7.33. The molecular formula is C18H25NO. The number of rotatable bonds is 4. The Morgan fingerprint density at radius 1 is 1.05 bits per heavy atom. The van der Waals surface area contributed by atoms with E-state index < -0.39 is 0 Å². The van der Waals surface area contributed by atoms with Gasteiger partial charge in [0.1, 0.15) is 11.9 Å². The van der Waals surface area contributed by atoms with Crippen LogP contribution in [0.15, 0.2) is 42.5 Å². The van der Waals surface area contributed by atoms with Gasteiger partial charge >= 0.3 is 0 Å². The van der Waals surface area contributed by atoms with Crippen molar-refractivity contribution >= 4 is 10.8 Å². The van der Waals surface area contributed by atoms with E-state index in [0.717, 1.165) is 12.2 Å². The van der Waals surface area contributed by atoms with Gasteiger partial charge in [0.15, 0.2) is 0 Å². The van der Waals surface area contributed by atoms with Crippen LogP contribution in [0.3, 0.4) is 0 Å². The average Bonchev–Trinajstić information content (AvgIpc) is 2.42. The molecule has 108 valence electrons. The smallest absolute Gasteiger partial charge is 0.120 e. The van der Waals surface area contributed by atoms with Crippen molar-refractivity contribution in [1.82, 2.24) is 0 Å². The van der Waals surface area contributed by atoms with Crippen LogP contribution in [0.25, 0.3) is 10.8 Å². The molecule has 0 saturated heterocycles. The molecule has 2 unspecified atom stereocenters. The third kappa shape index (κ3) is 3.31. The SMILES string of the molecule is CCC(N)C(Oc1ccc2ccccc2c1)C(C)(C)C. The van der Waals surface area contributed by atoms with Gasteiger partial charge in [-0.3, -0.25) is 0 Å². The van der Waals surface area contributed by atoms with E-state index in [2.05, 4.69) is 52.0 Å². The summed E-state index contributed by atoms with van der Waals surface area (Å²) < 4.78 is 6.21. The van der Waals surface area contributed by atoms with Crippen molar-refractivity contribution in [2.24, 2.45) is 11.1 Å². The third-order valence-corrected chi connectivity index (χ3v) is 3.70. The van der Waals surface area contributed by atoms with Gasteiger partial charge in [-0.2, -0.15) is 0 Å². The molecule has 0 amide bonds. The Morgan fingerprint density at radius 2 is 1.70 bits per heavy atom. The molecule has 0 aromatic heterocycles. The number of fused-ring (bicyclic) bond motifs is 1. The summed E-state index contributed by atoms with van der Waals surface area (Å²) in [5.41, 5.74) is 6.25. The summed E-state index contributed by atoms with van der Waals surface area (Å²) in [6.45, 7) is 8.63. The minimum atomic E-state index is 0.00802. The quantitative estimate of drug-likeness (QED) is 0.896. The topological polar surface area (TPSA) is 35.2 Å². The zero-order valence-corrected chi connectivity index (χ0v) is 12.9. The lowest BCUT2D eigenvalue weighted by Gasteiger charge is -2.35. The summed E-state index contributed by atoms with van der Waals surface area (Å²) in [5, 5.41) is 2.43. The fourth-order valence-electron chi connectivity index (χ4n) is 2.51. The number of benzene rings is 2. The van der Waals surface area contributed by atoms with E-state index in [-0.39, 0.29) is 17.6 Å². The first-order valence-electron chi connectivity index (χ1n) is 7.33. The van der Waals surface area contributed by atoms with Crippen LogP contribution in [-0.2, 0) is 0 Å².